The first-order valence-electron chi connectivity index (χ1n) is 10.3. The summed E-state index contributed by atoms with van der Waals surface area (Å²) in [6.45, 7) is 2.00. The SMILES string of the molecule is N#Cc1c(Cl)ccc(N2CCC(N)C2)c1Cn1cnc2c(N)ncnc21.O=CNC1CC1. The van der Waals surface area contributed by atoms with E-state index in [0.717, 1.165) is 37.2 Å². The molecule has 1 saturated carbocycles. The number of amides is 1. The summed E-state index contributed by atoms with van der Waals surface area (Å²) in [6, 6.07) is 6.59. The molecule has 166 valence electrons. The molecule has 2 fully saturated rings. The fraction of sp³-hybridized carbons (Fsp3) is 0.381. The van der Waals surface area contributed by atoms with E-state index in [-0.39, 0.29) is 6.04 Å². The van der Waals surface area contributed by atoms with Crippen LogP contribution in [-0.4, -0.2) is 51.1 Å². The van der Waals surface area contributed by atoms with Crippen LogP contribution in [0.25, 0.3) is 11.2 Å². The lowest BCUT2D eigenvalue weighted by molar-refractivity contribution is -0.109. The van der Waals surface area contributed by atoms with Crippen LogP contribution in [0.5, 0.6) is 0 Å². The highest BCUT2D eigenvalue weighted by Crippen LogP contribution is 2.32. The highest BCUT2D eigenvalue weighted by molar-refractivity contribution is 6.32. The summed E-state index contributed by atoms with van der Waals surface area (Å²) in [4.78, 5) is 24.3. The van der Waals surface area contributed by atoms with Crippen molar-refractivity contribution in [2.24, 2.45) is 5.73 Å². The summed E-state index contributed by atoms with van der Waals surface area (Å²) < 4.78 is 1.85. The first kappa shape index (κ1) is 21.8. The normalized spacial score (nSPS) is 17.5. The van der Waals surface area contributed by atoms with E-state index in [1.54, 1.807) is 12.4 Å². The number of fused-ring (bicyclic) bond motifs is 1. The predicted molar refractivity (Wildman–Crippen MR) is 122 cm³/mol. The second-order valence-electron chi connectivity index (χ2n) is 7.89. The Hall–Kier alpha value is -3.42. The van der Waals surface area contributed by atoms with Gasteiger partial charge in [0.15, 0.2) is 11.5 Å². The average Bonchev–Trinajstić information content (AvgIpc) is 3.34. The lowest BCUT2D eigenvalue weighted by Crippen LogP contribution is -2.27. The molecular formula is C21H24ClN9O. The molecule has 3 heterocycles. The third-order valence-electron chi connectivity index (χ3n) is 5.55. The molecule has 1 aliphatic heterocycles. The number of nitrogen functional groups attached to an aromatic ring is 1. The lowest BCUT2D eigenvalue weighted by Gasteiger charge is -2.23. The van der Waals surface area contributed by atoms with Gasteiger partial charge in [-0.3, -0.25) is 4.79 Å². The number of hydrogen-bond acceptors (Lipinski definition) is 8. The van der Waals surface area contributed by atoms with Crippen LogP contribution in [0.4, 0.5) is 11.5 Å². The van der Waals surface area contributed by atoms with Gasteiger partial charge in [-0.15, -0.1) is 0 Å². The van der Waals surface area contributed by atoms with Gasteiger partial charge in [0.1, 0.15) is 17.9 Å². The van der Waals surface area contributed by atoms with E-state index >= 15 is 0 Å². The third-order valence-corrected chi connectivity index (χ3v) is 5.87. The van der Waals surface area contributed by atoms with E-state index in [4.69, 9.17) is 23.1 Å². The molecule has 32 heavy (non-hydrogen) atoms. The Morgan fingerprint density at radius 1 is 1.28 bits per heavy atom. The number of nitriles is 1. The van der Waals surface area contributed by atoms with E-state index in [2.05, 4.69) is 31.2 Å². The Balaban J connectivity index is 0.000000354. The molecule has 2 aromatic heterocycles. The highest BCUT2D eigenvalue weighted by atomic mass is 35.5. The smallest absolute Gasteiger partial charge is 0.207 e. The van der Waals surface area contributed by atoms with Crippen LogP contribution in [0.2, 0.25) is 5.02 Å². The van der Waals surface area contributed by atoms with E-state index in [1.807, 2.05) is 10.6 Å². The van der Waals surface area contributed by atoms with Gasteiger partial charge in [0.05, 0.1) is 23.5 Å². The molecule has 10 nitrogen and oxygen atoms in total. The summed E-state index contributed by atoms with van der Waals surface area (Å²) in [5.74, 6) is 0.325. The molecule has 0 bridgehead atoms. The van der Waals surface area contributed by atoms with E-state index < -0.39 is 0 Å². The highest BCUT2D eigenvalue weighted by Gasteiger charge is 2.24. The van der Waals surface area contributed by atoms with Crippen molar-refractivity contribution in [3.8, 4) is 6.07 Å². The standard InChI is InChI=1S/C17H17ClN8.C4H7NO/c18-13-1-2-14(25-4-3-10(20)6-25)12(11(13)5-19)7-26-9-24-15-16(21)22-8-23-17(15)26;6-3-5-4-1-2-4/h1-2,8-10H,3-4,6-7,20H2,(H2,21,22,23);3-4H,1-2H2,(H,5,6). The molecule has 1 amide bonds. The molecule has 0 spiro atoms. The number of nitrogens with zero attached hydrogens (tertiary/aromatic N) is 6. The summed E-state index contributed by atoms with van der Waals surface area (Å²) >= 11 is 6.28. The number of rotatable bonds is 5. The Morgan fingerprint density at radius 3 is 2.72 bits per heavy atom. The second kappa shape index (κ2) is 9.38. The number of benzene rings is 1. The van der Waals surface area contributed by atoms with Crippen LogP contribution in [0, 0.1) is 11.3 Å². The van der Waals surface area contributed by atoms with Crippen molar-refractivity contribution < 1.29 is 4.79 Å². The summed E-state index contributed by atoms with van der Waals surface area (Å²) in [5.41, 5.74) is 15.3. The Morgan fingerprint density at radius 2 is 2.09 bits per heavy atom. The van der Waals surface area contributed by atoms with Gasteiger partial charge in [-0.25, -0.2) is 15.0 Å². The summed E-state index contributed by atoms with van der Waals surface area (Å²) in [7, 11) is 0. The molecule has 1 atom stereocenters. The second-order valence-corrected chi connectivity index (χ2v) is 8.30. The van der Waals surface area contributed by atoms with Crippen LogP contribution in [0.15, 0.2) is 24.8 Å². The minimum Gasteiger partial charge on any atom is -0.382 e. The van der Waals surface area contributed by atoms with Gasteiger partial charge in [0, 0.05) is 36.4 Å². The topological polar surface area (TPSA) is 152 Å². The van der Waals surface area contributed by atoms with Crippen molar-refractivity contribution in [2.45, 2.75) is 37.9 Å². The van der Waals surface area contributed by atoms with Crippen molar-refractivity contribution in [3.63, 3.8) is 0 Å². The van der Waals surface area contributed by atoms with Gasteiger partial charge in [-0.2, -0.15) is 5.26 Å². The molecule has 1 aliphatic carbocycles. The number of imidazole rings is 1. The predicted octanol–water partition coefficient (Wildman–Crippen LogP) is 1.41. The quantitative estimate of drug-likeness (QED) is 0.490. The minimum absolute atomic E-state index is 0.130. The fourth-order valence-corrected chi connectivity index (χ4v) is 3.94. The van der Waals surface area contributed by atoms with Gasteiger partial charge in [-0.1, -0.05) is 11.6 Å². The number of hydrogen-bond donors (Lipinski definition) is 3. The molecule has 5 N–H and O–H groups in total. The zero-order chi connectivity index (χ0) is 22.7. The molecule has 11 heteroatoms. The molecule has 1 unspecified atom stereocenters. The Labute approximate surface area is 190 Å². The first-order chi connectivity index (χ1) is 15.5. The van der Waals surface area contributed by atoms with Gasteiger partial charge < -0.3 is 26.3 Å². The molecule has 1 saturated heterocycles. The lowest BCUT2D eigenvalue weighted by atomic mass is 10.0. The van der Waals surface area contributed by atoms with E-state index in [9.17, 15) is 10.1 Å². The van der Waals surface area contributed by atoms with E-state index in [0.29, 0.717) is 40.2 Å². The van der Waals surface area contributed by atoms with Crippen LogP contribution < -0.4 is 21.7 Å². The van der Waals surface area contributed by atoms with Crippen molar-refractivity contribution in [2.75, 3.05) is 23.7 Å². The van der Waals surface area contributed by atoms with Crippen LogP contribution in [0.3, 0.4) is 0 Å². The van der Waals surface area contributed by atoms with Crippen molar-refractivity contribution in [3.05, 3.63) is 40.9 Å². The summed E-state index contributed by atoms with van der Waals surface area (Å²) in [5, 5.41) is 12.7. The zero-order valence-corrected chi connectivity index (χ0v) is 18.2. The number of carbonyl (C=O) groups is 1. The number of nitrogens with two attached hydrogens (primary N) is 2. The van der Waals surface area contributed by atoms with Crippen molar-refractivity contribution in [1.29, 1.82) is 5.26 Å². The molecule has 0 radical (unpaired) electrons. The Kier molecular flexibility index (Phi) is 6.39. The van der Waals surface area contributed by atoms with E-state index in [1.165, 1.54) is 19.2 Å². The number of carbonyl (C=O) groups excluding carboxylic acids is 1. The first-order valence-corrected chi connectivity index (χ1v) is 10.7. The van der Waals surface area contributed by atoms with Crippen molar-refractivity contribution in [1.82, 2.24) is 24.8 Å². The third kappa shape index (κ3) is 4.59. The van der Waals surface area contributed by atoms with Gasteiger partial charge in [-0.05, 0) is 31.4 Å². The van der Waals surface area contributed by atoms with Crippen molar-refractivity contribution >= 4 is 40.7 Å². The van der Waals surface area contributed by atoms with Crippen LogP contribution in [0.1, 0.15) is 30.4 Å². The maximum atomic E-state index is 9.66. The molecular weight excluding hydrogens is 430 g/mol. The molecule has 3 aromatic rings. The Bertz CT molecular complexity index is 1170. The van der Waals surface area contributed by atoms with Gasteiger partial charge in [0.25, 0.3) is 0 Å². The average molecular weight is 454 g/mol. The number of nitrogens with one attached hydrogen (secondary N) is 1. The van der Waals surface area contributed by atoms with Gasteiger partial charge in [0.2, 0.25) is 6.41 Å². The minimum atomic E-state index is 0.130. The largest absolute Gasteiger partial charge is 0.382 e. The van der Waals surface area contributed by atoms with Gasteiger partial charge >= 0.3 is 0 Å². The maximum absolute atomic E-state index is 9.66. The monoisotopic (exact) mass is 453 g/mol. The zero-order valence-electron chi connectivity index (χ0n) is 17.4. The maximum Gasteiger partial charge on any atom is 0.207 e. The summed E-state index contributed by atoms with van der Waals surface area (Å²) in [6.07, 6.45) is 7.09. The van der Waals surface area contributed by atoms with Crippen LogP contribution >= 0.6 is 11.6 Å². The van der Waals surface area contributed by atoms with Crippen LogP contribution in [-0.2, 0) is 11.3 Å². The molecule has 5 rings (SSSR count). The number of halogens is 1. The molecule has 1 aromatic carbocycles. The fourth-order valence-electron chi connectivity index (χ4n) is 3.72. The number of anilines is 2. The number of aromatic nitrogens is 4. The molecule has 2 aliphatic rings.